The SMILES string of the molecule is CCC1CC2CCCC(Cn3cnc4c(Cl)ncnc43)(C1)C2. The minimum atomic E-state index is 0.437. The molecule has 4 rings (SSSR count). The van der Waals surface area contributed by atoms with Gasteiger partial charge in [-0.2, -0.15) is 0 Å². The molecule has 0 radical (unpaired) electrons. The fraction of sp³-hybridized carbons (Fsp3) is 0.706. The Kier molecular flexibility index (Phi) is 3.60. The molecule has 3 atom stereocenters. The van der Waals surface area contributed by atoms with E-state index in [-0.39, 0.29) is 0 Å². The van der Waals surface area contributed by atoms with Gasteiger partial charge in [-0.05, 0) is 42.9 Å². The molecule has 0 amide bonds. The van der Waals surface area contributed by atoms with E-state index in [1.165, 1.54) is 44.9 Å². The van der Waals surface area contributed by atoms with E-state index in [1.54, 1.807) is 6.33 Å². The lowest BCUT2D eigenvalue weighted by Crippen LogP contribution is -2.39. The molecule has 2 aromatic rings. The van der Waals surface area contributed by atoms with Crippen molar-refractivity contribution in [2.75, 3.05) is 0 Å². The summed E-state index contributed by atoms with van der Waals surface area (Å²) >= 11 is 6.13. The summed E-state index contributed by atoms with van der Waals surface area (Å²) in [4.78, 5) is 12.9. The van der Waals surface area contributed by atoms with Crippen LogP contribution in [-0.4, -0.2) is 19.5 Å². The largest absolute Gasteiger partial charge is 0.315 e. The molecule has 2 aliphatic rings. The third kappa shape index (κ3) is 2.41. The van der Waals surface area contributed by atoms with Gasteiger partial charge in [0.15, 0.2) is 10.8 Å². The van der Waals surface area contributed by atoms with Crippen molar-refractivity contribution >= 4 is 22.8 Å². The Labute approximate surface area is 136 Å². The lowest BCUT2D eigenvalue weighted by molar-refractivity contribution is 0.0243. The molecule has 22 heavy (non-hydrogen) atoms. The van der Waals surface area contributed by atoms with Crippen LogP contribution >= 0.6 is 11.6 Å². The van der Waals surface area contributed by atoms with Crippen molar-refractivity contribution in [2.45, 2.75) is 58.4 Å². The maximum atomic E-state index is 6.13. The van der Waals surface area contributed by atoms with Gasteiger partial charge in [0, 0.05) is 6.54 Å². The number of hydrogen-bond donors (Lipinski definition) is 0. The van der Waals surface area contributed by atoms with Gasteiger partial charge in [-0.25, -0.2) is 15.0 Å². The molecule has 118 valence electrons. The maximum absolute atomic E-state index is 6.13. The van der Waals surface area contributed by atoms with Gasteiger partial charge in [-0.3, -0.25) is 0 Å². The van der Waals surface area contributed by atoms with Crippen molar-refractivity contribution in [2.24, 2.45) is 17.3 Å². The molecule has 2 saturated carbocycles. The normalized spacial score (nSPS) is 31.5. The smallest absolute Gasteiger partial charge is 0.164 e. The fourth-order valence-electron chi connectivity index (χ4n) is 4.98. The minimum Gasteiger partial charge on any atom is -0.315 e. The standard InChI is InChI=1S/C17H23ClN4/c1-2-12-6-13-4-3-5-17(7-12,8-13)9-22-11-21-14-15(18)19-10-20-16(14)22/h10-13H,2-9H2,1H3. The fourth-order valence-corrected chi connectivity index (χ4v) is 5.16. The zero-order chi connectivity index (χ0) is 15.2. The van der Waals surface area contributed by atoms with Gasteiger partial charge in [0.05, 0.1) is 6.33 Å². The van der Waals surface area contributed by atoms with E-state index in [0.717, 1.165) is 29.5 Å². The number of halogens is 1. The Morgan fingerprint density at radius 2 is 2.23 bits per heavy atom. The number of rotatable bonds is 3. The molecular formula is C17H23ClN4. The van der Waals surface area contributed by atoms with E-state index in [2.05, 4.69) is 26.4 Å². The quantitative estimate of drug-likeness (QED) is 0.784. The summed E-state index contributed by atoms with van der Waals surface area (Å²) in [5.41, 5.74) is 2.05. The molecule has 0 aliphatic heterocycles. The van der Waals surface area contributed by atoms with Gasteiger partial charge in [0.2, 0.25) is 0 Å². The molecule has 2 fully saturated rings. The molecule has 0 spiro atoms. The van der Waals surface area contributed by atoms with E-state index in [9.17, 15) is 0 Å². The van der Waals surface area contributed by atoms with Gasteiger partial charge in [0.1, 0.15) is 11.8 Å². The highest BCUT2D eigenvalue weighted by atomic mass is 35.5. The number of imidazole rings is 1. The summed E-state index contributed by atoms with van der Waals surface area (Å²) in [6.07, 6.45) is 13.1. The summed E-state index contributed by atoms with van der Waals surface area (Å²) in [5.74, 6) is 1.83. The second-order valence-electron chi connectivity index (χ2n) is 7.39. The molecule has 4 nitrogen and oxygen atoms in total. The second kappa shape index (κ2) is 5.48. The Morgan fingerprint density at radius 3 is 3.09 bits per heavy atom. The lowest BCUT2D eigenvalue weighted by Gasteiger charge is -2.48. The number of fused-ring (bicyclic) bond motifs is 3. The van der Waals surface area contributed by atoms with E-state index in [4.69, 9.17) is 11.6 Å². The molecule has 5 heteroatoms. The van der Waals surface area contributed by atoms with Crippen LogP contribution in [0.2, 0.25) is 5.15 Å². The van der Waals surface area contributed by atoms with E-state index in [0.29, 0.717) is 10.6 Å². The van der Waals surface area contributed by atoms with Crippen molar-refractivity contribution in [3.63, 3.8) is 0 Å². The van der Waals surface area contributed by atoms with Crippen LogP contribution in [0.5, 0.6) is 0 Å². The van der Waals surface area contributed by atoms with E-state index >= 15 is 0 Å². The summed E-state index contributed by atoms with van der Waals surface area (Å²) < 4.78 is 2.21. The number of hydrogen-bond acceptors (Lipinski definition) is 3. The van der Waals surface area contributed by atoms with Gasteiger partial charge in [0.25, 0.3) is 0 Å². The zero-order valence-corrected chi connectivity index (χ0v) is 13.9. The second-order valence-corrected chi connectivity index (χ2v) is 7.74. The predicted octanol–water partition coefficient (Wildman–Crippen LogP) is 4.48. The van der Waals surface area contributed by atoms with Gasteiger partial charge in [-0.15, -0.1) is 0 Å². The summed E-state index contributed by atoms with van der Waals surface area (Å²) in [5, 5.41) is 0.456. The van der Waals surface area contributed by atoms with Gasteiger partial charge in [-0.1, -0.05) is 37.8 Å². The molecule has 0 saturated heterocycles. The van der Waals surface area contributed by atoms with Crippen LogP contribution in [0, 0.1) is 17.3 Å². The van der Waals surface area contributed by atoms with Crippen molar-refractivity contribution in [1.82, 2.24) is 19.5 Å². The Hall–Kier alpha value is -1.16. The van der Waals surface area contributed by atoms with Crippen LogP contribution in [0.3, 0.4) is 0 Å². The number of aromatic nitrogens is 4. The summed E-state index contributed by atoms with van der Waals surface area (Å²) in [7, 11) is 0. The monoisotopic (exact) mass is 318 g/mol. The third-order valence-electron chi connectivity index (χ3n) is 5.87. The maximum Gasteiger partial charge on any atom is 0.164 e. The average Bonchev–Trinajstić information content (AvgIpc) is 2.91. The highest BCUT2D eigenvalue weighted by Crippen LogP contribution is 2.52. The summed E-state index contributed by atoms with van der Waals surface area (Å²) in [6.45, 7) is 3.38. The van der Waals surface area contributed by atoms with Gasteiger partial charge >= 0.3 is 0 Å². The van der Waals surface area contributed by atoms with Crippen LogP contribution < -0.4 is 0 Å². The number of nitrogens with zero attached hydrogens (tertiary/aromatic N) is 4. The van der Waals surface area contributed by atoms with Crippen molar-refractivity contribution in [1.29, 1.82) is 0 Å². The van der Waals surface area contributed by atoms with Crippen LogP contribution in [0.4, 0.5) is 0 Å². The first-order valence-electron chi connectivity index (χ1n) is 8.50. The lowest BCUT2D eigenvalue weighted by atomic mass is 9.58. The Balaban J connectivity index is 1.67. The average molecular weight is 319 g/mol. The van der Waals surface area contributed by atoms with E-state index < -0.39 is 0 Å². The minimum absolute atomic E-state index is 0.437. The molecule has 0 aromatic carbocycles. The molecule has 3 unspecified atom stereocenters. The Bertz CT molecular complexity index is 682. The zero-order valence-electron chi connectivity index (χ0n) is 13.1. The van der Waals surface area contributed by atoms with Crippen LogP contribution in [0.1, 0.15) is 51.9 Å². The molecule has 2 aliphatic carbocycles. The first-order valence-corrected chi connectivity index (χ1v) is 8.88. The molecular weight excluding hydrogens is 296 g/mol. The first kappa shape index (κ1) is 14.4. The predicted molar refractivity (Wildman–Crippen MR) is 87.7 cm³/mol. The molecule has 2 bridgehead atoms. The van der Waals surface area contributed by atoms with Crippen LogP contribution in [0.15, 0.2) is 12.7 Å². The summed E-state index contributed by atoms with van der Waals surface area (Å²) in [6, 6.07) is 0. The highest BCUT2D eigenvalue weighted by molar-refractivity contribution is 6.33. The van der Waals surface area contributed by atoms with Crippen molar-refractivity contribution in [3.8, 4) is 0 Å². The molecule has 2 heterocycles. The highest BCUT2D eigenvalue weighted by Gasteiger charge is 2.42. The van der Waals surface area contributed by atoms with Crippen molar-refractivity contribution in [3.05, 3.63) is 17.8 Å². The molecule has 2 aromatic heterocycles. The van der Waals surface area contributed by atoms with Crippen molar-refractivity contribution < 1.29 is 0 Å². The van der Waals surface area contributed by atoms with Gasteiger partial charge < -0.3 is 4.57 Å². The van der Waals surface area contributed by atoms with Crippen LogP contribution in [-0.2, 0) is 6.54 Å². The molecule has 0 N–H and O–H groups in total. The first-order chi connectivity index (χ1) is 10.7. The van der Waals surface area contributed by atoms with E-state index in [1.807, 2.05) is 6.33 Å². The third-order valence-corrected chi connectivity index (χ3v) is 6.15. The topological polar surface area (TPSA) is 43.6 Å². The Morgan fingerprint density at radius 1 is 1.32 bits per heavy atom. The van der Waals surface area contributed by atoms with Crippen LogP contribution in [0.25, 0.3) is 11.2 Å².